The molecule has 0 nitrogen and oxygen atoms in total. The van der Waals surface area contributed by atoms with Gasteiger partial charge in [-0.05, 0) is 58.4 Å². The Morgan fingerprint density at radius 1 is 0.750 bits per heavy atom. The number of hydrogen-bond donors (Lipinski definition) is 0. The Kier molecular flexibility index (Phi) is 4.27. The first-order valence-corrected chi connectivity index (χ1v) is 9.25. The van der Waals surface area contributed by atoms with Gasteiger partial charge in [0.2, 0.25) is 0 Å². The molecule has 0 fully saturated rings. The second kappa shape index (κ2) is 6.70. The van der Waals surface area contributed by atoms with Crippen LogP contribution >= 0.6 is 11.8 Å². The quantitative estimate of drug-likeness (QED) is 0.642. The fourth-order valence-electron chi connectivity index (χ4n) is 3.13. The van der Waals surface area contributed by atoms with Crippen LogP contribution < -0.4 is 10.4 Å². The number of rotatable bonds is 3. The SMILES string of the molecule is Cc1ccc(-c2ccc(SC3=c4ccccc4=CCC3)cc2)cc1. The van der Waals surface area contributed by atoms with E-state index in [9.17, 15) is 0 Å². The standard InChI is InChI=1S/C23H20S/c1-17-9-11-18(12-10-17)19-13-15-21(16-14-19)24-23-8-4-6-20-5-2-3-7-22(20)23/h2-3,5-7,9-16H,4,8H2,1H3. The summed E-state index contributed by atoms with van der Waals surface area (Å²) in [6.45, 7) is 2.13. The van der Waals surface area contributed by atoms with Gasteiger partial charge in [0.05, 0.1) is 0 Å². The van der Waals surface area contributed by atoms with Gasteiger partial charge in [0, 0.05) is 4.90 Å². The van der Waals surface area contributed by atoms with Crippen LogP contribution in [-0.2, 0) is 0 Å². The van der Waals surface area contributed by atoms with E-state index in [0.29, 0.717) is 0 Å². The average molecular weight is 328 g/mol. The van der Waals surface area contributed by atoms with Crippen molar-refractivity contribution in [3.8, 4) is 11.1 Å². The van der Waals surface area contributed by atoms with E-state index in [1.165, 1.54) is 36.9 Å². The third-order valence-electron chi connectivity index (χ3n) is 4.48. The fraction of sp³-hybridized carbons (Fsp3) is 0.130. The molecular formula is C23H20S. The molecule has 0 heterocycles. The van der Waals surface area contributed by atoms with E-state index < -0.39 is 0 Å². The van der Waals surface area contributed by atoms with Gasteiger partial charge in [-0.15, -0.1) is 0 Å². The van der Waals surface area contributed by atoms with Crippen LogP contribution in [-0.4, -0.2) is 0 Å². The molecule has 24 heavy (non-hydrogen) atoms. The topological polar surface area (TPSA) is 0 Å². The lowest BCUT2D eigenvalue weighted by atomic mass is 10.0. The molecule has 0 radical (unpaired) electrons. The van der Waals surface area contributed by atoms with Gasteiger partial charge >= 0.3 is 0 Å². The largest absolute Gasteiger partial charge is 0.0939 e. The van der Waals surface area contributed by atoms with Crippen LogP contribution in [0.5, 0.6) is 0 Å². The molecule has 0 aliphatic heterocycles. The van der Waals surface area contributed by atoms with Gasteiger partial charge < -0.3 is 0 Å². The van der Waals surface area contributed by atoms with Crippen LogP contribution in [0.1, 0.15) is 18.4 Å². The number of hydrogen-bond acceptors (Lipinski definition) is 1. The molecule has 1 aliphatic carbocycles. The normalized spacial score (nSPS) is 13.3. The zero-order valence-electron chi connectivity index (χ0n) is 13.8. The summed E-state index contributed by atoms with van der Waals surface area (Å²) in [6.07, 6.45) is 4.63. The minimum absolute atomic E-state index is 1.14. The van der Waals surface area contributed by atoms with Crippen molar-refractivity contribution in [1.29, 1.82) is 0 Å². The van der Waals surface area contributed by atoms with Gasteiger partial charge in [-0.2, -0.15) is 0 Å². The van der Waals surface area contributed by atoms with Crippen LogP contribution in [0, 0.1) is 6.92 Å². The van der Waals surface area contributed by atoms with Crippen molar-refractivity contribution in [2.45, 2.75) is 24.7 Å². The van der Waals surface area contributed by atoms with Gasteiger partial charge in [0.15, 0.2) is 0 Å². The molecule has 0 bridgehead atoms. The van der Waals surface area contributed by atoms with Gasteiger partial charge in [0.1, 0.15) is 0 Å². The summed E-state index contributed by atoms with van der Waals surface area (Å²) in [5.74, 6) is 0. The van der Waals surface area contributed by atoms with Crippen LogP contribution in [0.25, 0.3) is 22.1 Å². The van der Waals surface area contributed by atoms with E-state index in [1.807, 2.05) is 11.8 Å². The molecule has 0 unspecified atom stereocenters. The molecule has 3 aromatic rings. The molecule has 1 heteroatoms. The molecule has 1 aliphatic rings. The Morgan fingerprint density at radius 2 is 1.42 bits per heavy atom. The highest BCUT2D eigenvalue weighted by atomic mass is 32.2. The smallest absolute Gasteiger partial charge is 0.0119 e. The molecule has 0 amide bonds. The molecule has 0 N–H and O–H groups in total. The third kappa shape index (κ3) is 3.18. The summed E-state index contributed by atoms with van der Waals surface area (Å²) in [7, 11) is 0. The predicted octanol–water partition coefficient (Wildman–Crippen LogP) is 5.14. The first kappa shape index (κ1) is 15.3. The van der Waals surface area contributed by atoms with Crippen molar-refractivity contribution < 1.29 is 0 Å². The van der Waals surface area contributed by atoms with Gasteiger partial charge in [-0.1, -0.05) is 84.1 Å². The Labute approximate surface area is 147 Å². The summed E-state index contributed by atoms with van der Waals surface area (Å²) >= 11 is 1.91. The van der Waals surface area contributed by atoms with Crippen LogP contribution in [0.3, 0.4) is 0 Å². The lowest BCUT2D eigenvalue weighted by molar-refractivity contribution is 1.10. The van der Waals surface area contributed by atoms with Crippen LogP contribution in [0.4, 0.5) is 0 Å². The maximum Gasteiger partial charge on any atom is 0.0119 e. The third-order valence-corrected chi connectivity index (χ3v) is 5.66. The number of fused-ring (bicyclic) bond motifs is 1. The Morgan fingerprint density at radius 3 is 2.17 bits per heavy atom. The summed E-state index contributed by atoms with van der Waals surface area (Å²) in [5, 5.41) is 2.78. The highest BCUT2D eigenvalue weighted by Crippen LogP contribution is 2.32. The molecule has 0 aromatic heterocycles. The minimum Gasteiger partial charge on any atom is -0.0939 e. The Bertz CT molecular complexity index is 964. The fourth-order valence-corrected chi connectivity index (χ4v) is 4.20. The second-order valence-electron chi connectivity index (χ2n) is 6.25. The lowest BCUT2D eigenvalue weighted by Crippen LogP contribution is -2.28. The van der Waals surface area contributed by atoms with Gasteiger partial charge in [-0.25, -0.2) is 0 Å². The lowest BCUT2D eigenvalue weighted by Gasteiger charge is -2.11. The van der Waals surface area contributed by atoms with E-state index in [-0.39, 0.29) is 0 Å². The van der Waals surface area contributed by atoms with Gasteiger partial charge in [-0.3, -0.25) is 0 Å². The molecule has 118 valence electrons. The van der Waals surface area contributed by atoms with E-state index in [4.69, 9.17) is 0 Å². The summed E-state index contributed by atoms with van der Waals surface area (Å²) in [5.41, 5.74) is 3.86. The number of aryl methyl sites for hydroxylation is 1. The van der Waals surface area contributed by atoms with Crippen LogP contribution in [0.15, 0.2) is 77.7 Å². The zero-order chi connectivity index (χ0) is 16.4. The average Bonchev–Trinajstić information content (AvgIpc) is 2.63. The van der Waals surface area contributed by atoms with E-state index in [0.717, 1.165) is 12.8 Å². The van der Waals surface area contributed by atoms with Crippen molar-refractivity contribution in [2.75, 3.05) is 0 Å². The minimum atomic E-state index is 1.14. The Balaban J connectivity index is 1.63. The second-order valence-corrected chi connectivity index (χ2v) is 7.41. The molecule has 4 rings (SSSR count). The maximum atomic E-state index is 2.35. The zero-order valence-corrected chi connectivity index (χ0v) is 14.6. The van der Waals surface area contributed by atoms with E-state index >= 15 is 0 Å². The molecule has 3 aromatic carbocycles. The highest BCUT2D eigenvalue weighted by Gasteiger charge is 2.07. The first-order valence-electron chi connectivity index (χ1n) is 8.43. The van der Waals surface area contributed by atoms with E-state index in [1.54, 1.807) is 0 Å². The summed E-state index contributed by atoms with van der Waals surface area (Å²) in [4.78, 5) is 2.80. The molecular weight excluding hydrogens is 308 g/mol. The monoisotopic (exact) mass is 328 g/mol. The Hall–Kier alpha value is -2.25. The van der Waals surface area contributed by atoms with Gasteiger partial charge in [0.25, 0.3) is 0 Å². The van der Waals surface area contributed by atoms with Crippen molar-refractivity contribution in [3.63, 3.8) is 0 Å². The molecule has 0 saturated heterocycles. The number of benzene rings is 3. The van der Waals surface area contributed by atoms with Crippen molar-refractivity contribution in [2.24, 2.45) is 0 Å². The van der Waals surface area contributed by atoms with Crippen LogP contribution in [0.2, 0.25) is 0 Å². The highest BCUT2D eigenvalue weighted by molar-refractivity contribution is 8.08. The number of thioether (sulfide) groups is 1. The predicted molar refractivity (Wildman–Crippen MR) is 105 cm³/mol. The van der Waals surface area contributed by atoms with Crippen molar-refractivity contribution in [3.05, 3.63) is 88.8 Å². The van der Waals surface area contributed by atoms with Crippen molar-refractivity contribution >= 4 is 22.7 Å². The molecule has 0 spiro atoms. The van der Waals surface area contributed by atoms with E-state index in [2.05, 4.69) is 85.8 Å². The maximum absolute atomic E-state index is 2.35. The molecule has 0 atom stereocenters. The van der Waals surface area contributed by atoms with Crippen molar-refractivity contribution in [1.82, 2.24) is 0 Å². The summed E-state index contributed by atoms with van der Waals surface area (Å²) in [6, 6.07) is 26.4. The molecule has 0 saturated carbocycles. The summed E-state index contributed by atoms with van der Waals surface area (Å²) < 4.78 is 0. The first-order chi connectivity index (χ1) is 11.8.